The lowest BCUT2D eigenvalue weighted by Gasteiger charge is -2.26. The molecule has 0 bridgehead atoms. The Morgan fingerprint density at radius 3 is 2.57 bits per heavy atom. The Hall–Kier alpha value is -2.00. The van der Waals surface area contributed by atoms with E-state index in [9.17, 15) is 13.2 Å². The van der Waals surface area contributed by atoms with Crippen LogP contribution in [-0.2, 0) is 19.6 Å². The Morgan fingerprint density at radius 1 is 1.14 bits per heavy atom. The third kappa shape index (κ3) is 5.08. The maximum atomic E-state index is 13.0. The van der Waals surface area contributed by atoms with Crippen LogP contribution in [0.3, 0.4) is 0 Å². The van der Waals surface area contributed by atoms with Gasteiger partial charge in [0, 0.05) is 32.7 Å². The summed E-state index contributed by atoms with van der Waals surface area (Å²) in [4.78, 5) is 14.7. The van der Waals surface area contributed by atoms with Crippen LogP contribution in [0.15, 0.2) is 47.4 Å². The Bertz CT molecular complexity index is 911. The molecule has 1 aliphatic heterocycles. The molecule has 0 spiro atoms. The summed E-state index contributed by atoms with van der Waals surface area (Å²) in [6.07, 6.45) is 0. The van der Waals surface area contributed by atoms with Crippen LogP contribution in [0, 0.1) is 0 Å². The number of amides is 1. The summed E-state index contributed by atoms with van der Waals surface area (Å²) in [5, 5.41) is 4.65. The fraction of sp³-hybridized carbons (Fsp3) is 0.450. The standard InChI is InChI=1S/C20H27N3O4S/c1-2-23(16-20(24)21-9-10-22-11-13-27-14-12-22)28(25,26)19-8-7-17-5-3-4-6-18(17)15-19/h3-8,15H,2,9-14,16H2,1H3,(H,21,24). The summed E-state index contributed by atoms with van der Waals surface area (Å²) in [6.45, 7) is 6.13. The highest BCUT2D eigenvalue weighted by atomic mass is 32.2. The minimum atomic E-state index is -3.74. The van der Waals surface area contributed by atoms with Crippen LogP contribution in [0.25, 0.3) is 10.8 Å². The van der Waals surface area contributed by atoms with E-state index < -0.39 is 10.0 Å². The molecule has 0 aliphatic carbocycles. The van der Waals surface area contributed by atoms with Crippen molar-refractivity contribution in [3.8, 4) is 0 Å². The zero-order chi connectivity index (χ0) is 20.0. The molecule has 0 unspecified atom stereocenters. The molecule has 152 valence electrons. The molecule has 1 fully saturated rings. The topological polar surface area (TPSA) is 79.0 Å². The van der Waals surface area contributed by atoms with Gasteiger partial charge >= 0.3 is 0 Å². The van der Waals surface area contributed by atoms with Gasteiger partial charge in [0.25, 0.3) is 0 Å². The van der Waals surface area contributed by atoms with Gasteiger partial charge in [0.1, 0.15) is 0 Å². The molecular formula is C20H27N3O4S. The van der Waals surface area contributed by atoms with Crippen LogP contribution in [-0.4, -0.2) is 76.0 Å². The van der Waals surface area contributed by atoms with Gasteiger partial charge < -0.3 is 10.1 Å². The molecule has 1 N–H and O–H groups in total. The number of nitrogens with zero attached hydrogens (tertiary/aromatic N) is 2. The zero-order valence-electron chi connectivity index (χ0n) is 16.1. The lowest BCUT2D eigenvalue weighted by Crippen LogP contribution is -2.44. The number of morpholine rings is 1. The third-order valence-electron chi connectivity index (χ3n) is 4.89. The number of carbonyl (C=O) groups excluding carboxylic acids is 1. The van der Waals surface area contributed by atoms with E-state index in [0.717, 1.165) is 30.4 Å². The van der Waals surface area contributed by atoms with E-state index in [1.165, 1.54) is 4.31 Å². The quantitative estimate of drug-likeness (QED) is 0.716. The van der Waals surface area contributed by atoms with Crippen molar-refractivity contribution in [3.63, 3.8) is 0 Å². The number of fused-ring (bicyclic) bond motifs is 1. The first-order chi connectivity index (χ1) is 13.5. The Balaban J connectivity index is 1.61. The van der Waals surface area contributed by atoms with Crippen LogP contribution in [0.2, 0.25) is 0 Å². The van der Waals surface area contributed by atoms with Gasteiger partial charge in [-0.2, -0.15) is 4.31 Å². The fourth-order valence-electron chi connectivity index (χ4n) is 3.24. The molecule has 1 aliphatic rings. The summed E-state index contributed by atoms with van der Waals surface area (Å²) in [5.41, 5.74) is 0. The van der Waals surface area contributed by atoms with Gasteiger partial charge in [0.15, 0.2) is 0 Å². The van der Waals surface area contributed by atoms with Crippen molar-refractivity contribution in [1.82, 2.24) is 14.5 Å². The van der Waals surface area contributed by atoms with E-state index in [0.29, 0.717) is 19.8 Å². The Labute approximate surface area is 166 Å². The number of likely N-dealkylation sites (N-methyl/N-ethyl adjacent to an activating group) is 1. The number of hydrogen-bond donors (Lipinski definition) is 1. The second-order valence-corrected chi connectivity index (χ2v) is 8.68. The monoisotopic (exact) mass is 405 g/mol. The minimum Gasteiger partial charge on any atom is -0.379 e. The van der Waals surface area contributed by atoms with Crippen molar-refractivity contribution >= 4 is 26.7 Å². The molecule has 0 aromatic heterocycles. The van der Waals surface area contributed by atoms with E-state index in [2.05, 4.69) is 10.2 Å². The van der Waals surface area contributed by atoms with Gasteiger partial charge in [-0.05, 0) is 22.9 Å². The van der Waals surface area contributed by atoms with Crippen molar-refractivity contribution in [2.75, 3.05) is 52.5 Å². The predicted molar refractivity (Wildman–Crippen MR) is 109 cm³/mol. The third-order valence-corrected chi connectivity index (χ3v) is 6.80. The van der Waals surface area contributed by atoms with E-state index in [1.54, 1.807) is 25.1 Å². The maximum Gasteiger partial charge on any atom is 0.243 e. The van der Waals surface area contributed by atoms with Crippen molar-refractivity contribution in [2.24, 2.45) is 0 Å². The highest BCUT2D eigenvalue weighted by Gasteiger charge is 2.25. The second-order valence-electron chi connectivity index (χ2n) is 6.74. The van der Waals surface area contributed by atoms with Crippen molar-refractivity contribution < 1.29 is 17.9 Å². The van der Waals surface area contributed by atoms with Gasteiger partial charge in [-0.1, -0.05) is 37.3 Å². The van der Waals surface area contributed by atoms with Crippen LogP contribution in [0.1, 0.15) is 6.92 Å². The first kappa shape index (κ1) is 20.7. The van der Waals surface area contributed by atoms with Gasteiger partial charge in [0.05, 0.1) is 24.7 Å². The number of benzene rings is 2. The molecule has 0 saturated carbocycles. The van der Waals surface area contributed by atoms with Gasteiger partial charge in [0.2, 0.25) is 15.9 Å². The number of ether oxygens (including phenoxy) is 1. The molecule has 1 saturated heterocycles. The number of nitrogens with one attached hydrogen (secondary N) is 1. The Kier molecular flexibility index (Phi) is 7.01. The largest absolute Gasteiger partial charge is 0.379 e. The number of carbonyl (C=O) groups is 1. The molecule has 0 radical (unpaired) electrons. The van der Waals surface area contributed by atoms with Crippen LogP contribution in [0.5, 0.6) is 0 Å². The van der Waals surface area contributed by atoms with Crippen LogP contribution in [0.4, 0.5) is 0 Å². The molecular weight excluding hydrogens is 378 g/mol. The van der Waals surface area contributed by atoms with E-state index >= 15 is 0 Å². The molecule has 2 aromatic rings. The molecule has 0 atom stereocenters. The lowest BCUT2D eigenvalue weighted by molar-refractivity contribution is -0.121. The summed E-state index contributed by atoms with van der Waals surface area (Å²) in [6, 6.07) is 12.6. The fourth-order valence-corrected chi connectivity index (χ4v) is 4.68. The zero-order valence-corrected chi connectivity index (χ0v) is 17.0. The first-order valence-corrected chi connectivity index (χ1v) is 11.0. The molecule has 2 aromatic carbocycles. The average Bonchev–Trinajstić information content (AvgIpc) is 2.72. The molecule has 1 amide bonds. The highest BCUT2D eigenvalue weighted by Crippen LogP contribution is 2.21. The molecule has 1 heterocycles. The normalized spacial score (nSPS) is 15.8. The summed E-state index contributed by atoms with van der Waals surface area (Å²) in [5.74, 6) is -0.292. The Morgan fingerprint density at radius 2 is 1.86 bits per heavy atom. The van der Waals surface area contributed by atoms with Crippen molar-refractivity contribution in [1.29, 1.82) is 0 Å². The predicted octanol–water partition coefficient (Wildman–Crippen LogP) is 1.30. The molecule has 8 heteroatoms. The highest BCUT2D eigenvalue weighted by molar-refractivity contribution is 7.89. The van der Waals surface area contributed by atoms with Gasteiger partial charge in [-0.15, -0.1) is 0 Å². The van der Waals surface area contributed by atoms with E-state index in [-0.39, 0.29) is 23.9 Å². The van der Waals surface area contributed by atoms with Gasteiger partial charge in [-0.25, -0.2) is 8.42 Å². The minimum absolute atomic E-state index is 0.186. The number of sulfonamides is 1. The number of hydrogen-bond acceptors (Lipinski definition) is 5. The second kappa shape index (κ2) is 9.47. The first-order valence-electron chi connectivity index (χ1n) is 9.56. The average molecular weight is 406 g/mol. The smallest absolute Gasteiger partial charge is 0.243 e. The van der Waals surface area contributed by atoms with E-state index in [1.807, 2.05) is 24.3 Å². The van der Waals surface area contributed by atoms with Crippen molar-refractivity contribution in [3.05, 3.63) is 42.5 Å². The lowest BCUT2D eigenvalue weighted by atomic mass is 10.1. The summed E-state index contributed by atoms with van der Waals surface area (Å²) in [7, 11) is -3.74. The van der Waals surface area contributed by atoms with Gasteiger partial charge in [-0.3, -0.25) is 9.69 Å². The SMILES string of the molecule is CCN(CC(=O)NCCN1CCOCC1)S(=O)(=O)c1ccc2ccccc2c1. The van der Waals surface area contributed by atoms with Crippen LogP contribution >= 0.6 is 0 Å². The summed E-state index contributed by atoms with van der Waals surface area (Å²) < 4.78 is 32.5. The summed E-state index contributed by atoms with van der Waals surface area (Å²) >= 11 is 0. The maximum absolute atomic E-state index is 13.0. The van der Waals surface area contributed by atoms with E-state index in [4.69, 9.17) is 4.74 Å². The molecule has 7 nitrogen and oxygen atoms in total. The molecule has 28 heavy (non-hydrogen) atoms. The molecule has 3 rings (SSSR count). The van der Waals surface area contributed by atoms with Crippen molar-refractivity contribution in [2.45, 2.75) is 11.8 Å². The number of rotatable bonds is 8. The van der Waals surface area contributed by atoms with Crippen LogP contribution < -0.4 is 5.32 Å².